The summed E-state index contributed by atoms with van der Waals surface area (Å²) in [6.45, 7) is 6.62. The lowest BCUT2D eigenvalue weighted by atomic mass is 10.00. The van der Waals surface area contributed by atoms with E-state index in [-0.39, 0.29) is 30.1 Å². The lowest BCUT2D eigenvalue weighted by Crippen LogP contribution is -2.38. The molecule has 3 N–H and O–H groups in total. The van der Waals surface area contributed by atoms with Gasteiger partial charge in [0.2, 0.25) is 11.8 Å². The van der Waals surface area contributed by atoms with E-state index in [1.165, 1.54) is 0 Å². The number of para-hydroxylation sites is 1. The average Bonchev–Trinajstić information content (AvgIpc) is 3.48. The lowest BCUT2D eigenvalue weighted by Gasteiger charge is -2.23. The third-order valence-electron chi connectivity index (χ3n) is 7.63. The second kappa shape index (κ2) is 18.6. The van der Waals surface area contributed by atoms with Crippen molar-refractivity contribution in [2.45, 2.75) is 46.1 Å². The third kappa shape index (κ3) is 11.2. The number of carboxylic acid groups (broad SMARTS) is 1. The summed E-state index contributed by atoms with van der Waals surface area (Å²) in [5.74, 6) is 2.41. The number of aromatic nitrogens is 1. The average molecular weight is 662 g/mol. The van der Waals surface area contributed by atoms with Gasteiger partial charge in [0, 0.05) is 47.8 Å². The van der Waals surface area contributed by atoms with Crippen LogP contribution in [0.4, 0.5) is 5.69 Å². The molecule has 9 nitrogen and oxygen atoms in total. The molecule has 0 saturated carbocycles. The molecule has 0 spiro atoms. The normalized spacial score (nSPS) is 11.2. The Morgan fingerprint density at radius 3 is 2.20 bits per heavy atom. The van der Waals surface area contributed by atoms with Crippen molar-refractivity contribution in [3.8, 4) is 17.2 Å². The van der Waals surface area contributed by atoms with E-state index in [0.717, 1.165) is 34.0 Å². The van der Waals surface area contributed by atoms with Gasteiger partial charge in [0.1, 0.15) is 11.5 Å². The summed E-state index contributed by atoms with van der Waals surface area (Å²) in [6, 6.07) is 34.5. The zero-order valence-corrected chi connectivity index (χ0v) is 28.1. The minimum Gasteiger partial charge on any atom is -0.493 e. The van der Waals surface area contributed by atoms with Crippen LogP contribution in [0.1, 0.15) is 53.2 Å². The van der Waals surface area contributed by atoms with Crippen molar-refractivity contribution in [2.75, 3.05) is 18.5 Å². The minimum atomic E-state index is -0.250. The molecule has 0 bridgehead atoms. The molecule has 49 heavy (non-hydrogen) atoms. The molecule has 1 aromatic heterocycles. The van der Waals surface area contributed by atoms with Crippen molar-refractivity contribution in [1.82, 2.24) is 10.3 Å². The number of nitrogens with zero attached hydrogens (tertiary/aromatic N) is 1. The first kappa shape index (κ1) is 36.1. The van der Waals surface area contributed by atoms with Crippen LogP contribution in [0.15, 0.2) is 114 Å². The van der Waals surface area contributed by atoms with Gasteiger partial charge in [-0.15, -0.1) is 0 Å². The molecule has 5 rings (SSSR count). The molecule has 0 aliphatic carbocycles. The van der Waals surface area contributed by atoms with Crippen molar-refractivity contribution in [3.63, 3.8) is 0 Å². The number of hydrogen-bond acceptors (Lipinski definition) is 7. The summed E-state index contributed by atoms with van der Waals surface area (Å²) in [6.07, 6.45) is 1.73. The predicted molar refractivity (Wildman–Crippen MR) is 191 cm³/mol. The molecule has 5 aromatic rings. The van der Waals surface area contributed by atoms with E-state index in [4.69, 9.17) is 19.1 Å². The van der Waals surface area contributed by atoms with Gasteiger partial charge in [0.15, 0.2) is 5.78 Å². The number of carbonyl (C=O) groups is 3. The number of rotatable bonds is 15. The maximum atomic E-state index is 13.4. The van der Waals surface area contributed by atoms with Crippen LogP contribution >= 0.6 is 0 Å². The molecule has 1 amide bonds. The SMILES string of the molecule is Cc1oc(-c2ccccc2)nc1CCOc1ccc(CC(CNC(=O)CC(C)C)Nc2ccccc2C(=O)c2ccccc2)cc1.O=CO. The molecule has 0 fully saturated rings. The van der Waals surface area contributed by atoms with Crippen molar-refractivity contribution >= 4 is 23.9 Å². The van der Waals surface area contributed by atoms with E-state index in [2.05, 4.69) is 15.6 Å². The molecule has 1 unspecified atom stereocenters. The van der Waals surface area contributed by atoms with Crippen LogP contribution in [0.3, 0.4) is 0 Å². The number of anilines is 1. The Bertz CT molecular complexity index is 1770. The van der Waals surface area contributed by atoms with Gasteiger partial charge in [0.25, 0.3) is 6.47 Å². The van der Waals surface area contributed by atoms with Crippen LogP contribution in [0.2, 0.25) is 0 Å². The molecule has 1 heterocycles. The highest BCUT2D eigenvalue weighted by atomic mass is 16.5. The summed E-state index contributed by atoms with van der Waals surface area (Å²) in [5, 5.41) is 13.5. The van der Waals surface area contributed by atoms with Gasteiger partial charge in [-0.25, -0.2) is 4.98 Å². The van der Waals surface area contributed by atoms with Crippen LogP contribution in [0.5, 0.6) is 5.75 Å². The quantitative estimate of drug-likeness (QED) is 0.0782. The Labute approximate surface area is 287 Å². The fourth-order valence-electron chi connectivity index (χ4n) is 5.26. The highest BCUT2D eigenvalue weighted by Gasteiger charge is 2.18. The Kier molecular flexibility index (Phi) is 13.7. The number of nitrogens with one attached hydrogen (secondary N) is 2. The molecule has 9 heteroatoms. The maximum Gasteiger partial charge on any atom is 0.290 e. The number of ether oxygens (including phenoxy) is 1. The fourth-order valence-corrected chi connectivity index (χ4v) is 5.26. The van der Waals surface area contributed by atoms with Crippen molar-refractivity contribution in [3.05, 3.63) is 137 Å². The predicted octanol–water partition coefficient (Wildman–Crippen LogP) is 7.39. The molecular weight excluding hydrogens is 618 g/mol. The van der Waals surface area contributed by atoms with Crippen LogP contribution in [0, 0.1) is 12.8 Å². The second-order valence-corrected chi connectivity index (χ2v) is 11.9. The largest absolute Gasteiger partial charge is 0.493 e. The number of oxazole rings is 1. The van der Waals surface area contributed by atoms with E-state index >= 15 is 0 Å². The highest BCUT2D eigenvalue weighted by molar-refractivity contribution is 6.12. The third-order valence-corrected chi connectivity index (χ3v) is 7.63. The van der Waals surface area contributed by atoms with E-state index in [1.807, 2.05) is 130 Å². The van der Waals surface area contributed by atoms with E-state index < -0.39 is 0 Å². The number of carbonyl (C=O) groups excluding carboxylic acids is 2. The molecule has 1 atom stereocenters. The Hall–Kier alpha value is -5.70. The van der Waals surface area contributed by atoms with E-state index in [9.17, 15) is 9.59 Å². The first-order chi connectivity index (χ1) is 23.8. The van der Waals surface area contributed by atoms with Gasteiger partial charge in [0.05, 0.1) is 12.3 Å². The van der Waals surface area contributed by atoms with Gasteiger partial charge < -0.3 is 24.9 Å². The molecule has 0 radical (unpaired) electrons. The minimum absolute atomic E-state index is 0.0115. The van der Waals surface area contributed by atoms with Gasteiger partial charge >= 0.3 is 0 Å². The van der Waals surface area contributed by atoms with Crippen molar-refractivity contribution < 1.29 is 28.6 Å². The Morgan fingerprint density at radius 2 is 1.53 bits per heavy atom. The van der Waals surface area contributed by atoms with Crippen LogP contribution < -0.4 is 15.4 Å². The summed E-state index contributed by atoms with van der Waals surface area (Å²) in [7, 11) is 0. The second-order valence-electron chi connectivity index (χ2n) is 11.9. The molecular formula is C40H43N3O6. The van der Waals surface area contributed by atoms with Gasteiger partial charge in [-0.3, -0.25) is 14.4 Å². The first-order valence-electron chi connectivity index (χ1n) is 16.3. The summed E-state index contributed by atoms with van der Waals surface area (Å²) in [5.41, 5.74) is 4.87. The van der Waals surface area contributed by atoms with Crippen molar-refractivity contribution in [1.29, 1.82) is 0 Å². The summed E-state index contributed by atoms with van der Waals surface area (Å²) < 4.78 is 11.9. The topological polar surface area (TPSA) is 131 Å². The van der Waals surface area contributed by atoms with Crippen LogP contribution in [0.25, 0.3) is 11.5 Å². The summed E-state index contributed by atoms with van der Waals surface area (Å²) in [4.78, 5) is 38.9. The number of hydrogen-bond donors (Lipinski definition) is 3. The monoisotopic (exact) mass is 661 g/mol. The molecule has 0 saturated heterocycles. The maximum absolute atomic E-state index is 13.4. The number of benzene rings is 4. The standard InChI is InChI=1S/C39H41N3O4.CH2O2/c1-27(2)24-37(43)40-26-32(41-36-17-11-10-16-34(36)38(44)30-12-6-4-7-13-30)25-29-18-20-33(21-19-29)45-23-22-35-28(3)46-39(42-35)31-14-8-5-9-15-31;2-1-3/h4-21,27,32,41H,22-26H2,1-3H3,(H,40,43);1H,(H,2,3). The molecule has 254 valence electrons. The van der Waals surface area contributed by atoms with Gasteiger partial charge in [-0.2, -0.15) is 0 Å². The first-order valence-corrected chi connectivity index (χ1v) is 16.3. The Morgan fingerprint density at radius 1 is 0.898 bits per heavy atom. The van der Waals surface area contributed by atoms with Gasteiger partial charge in [-0.1, -0.05) is 86.6 Å². The van der Waals surface area contributed by atoms with Crippen molar-refractivity contribution in [2.24, 2.45) is 5.92 Å². The molecule has 0 aliphatic heterocycles. The number of ketones is 1. The molecule has 0 aliphatic rings. The summed E-state index contributed by atoms with van der Waals surface area (Å²) >= 11 is 0. The zero-order valence-electron chi connectivity index (χ0n) is 28.1. The molecule has 4 aromatic carbocycles. The Balaban J connectivity index is 0.00000174. The fraction of sp³-hybridized carbons (Fsp3) is 0.250. The number of aryl methyl sites for hydroxylation is 1. The lowest BCUT2D eigenvalue weighted by molar-refractivity contribution is -0.123. The number of amides is 1. The van der Waals surface area contributed by atoms with E-state index in [0.29, 0.717) is 49.4 Å². The smallest absolute Gasteiger partial charge is 0.290 e. The van der Waals surface area contributed by atoms with Crippen LogP contribution in [-0.4, -0.2) is 47.4 Å². The van der Waals surface area contributed by atoms with Crippen LogP contribution in [-0.2, 0) is 22.4 Å². The highest BCUT2D eigenvalue weighted by Crippen LogP contribution is 2.24. The zero-order chi connectivity index (χ0) is 35.0. The van der Waals surface area contributed by atoms with E-state index in [1.54, 1.807) is 0 Å². The van der Waals surface area contributed by atoms with Gasteiger partial charge in [-0.05, 0) is 61.2 Å².